The molecule has 7 nitrogen and oxygen atoms in total. The molecule has 0 unspecified atom stereocenters. The van der Waals surface area contributed by atoms with Crippen molar-refractivity contribution in [3.05, 3.63) is 48.2 Å². The normalized spacial score (nSPS) is 14.0. The number of carbonyl (C=O) groups is 2. The summed E-state index contributed by atoms with van der Waals surface area (Å²) in [5.74, 6) is 1.02. The molecule has 3 amide bonds. The first-order chi connectivity index (χ1) is 12.1. The van der Waals surface area contributed by atoms with Gasteiger partial charge >= 0.3 is 6.03 Å². The van der Waals surface area contributed by atoms with Gasteiger partial charge in [-0.15, -0.1) is 0 Å². The lowest BCUT2D eigenvalue weighted by molar-refractivity contribution is -0.123. The summed E-state index contributed by atoms with van der Waals surface area (Å²) in [6, 6.07) is 10.9. The zero-order valence-corrected chi connectivity index (χ0v) is 14.0. The van der Waals surface area contributed by atoms with Crippen LogP contribution in [0.1, 0.15) is 12.5 Å². The Morgan fingerprint density at radius 3 is 2.96 bits per heavy atom. The Bertz CT molecular complexity index is 761. The highest BCUT2D eigenvalue weighted by Crippen LogP contribution is 2.21. The van der Waals surface area contributed by atoms with Gasteiger partial charge in [0.2, 0.25) is 11.8 Å². The van der Waals surface area contributed by atoms with Gasteiger partial charge in [0.25, 0.3) is 0 Å². The van der Waals surface area contributed by atoms with E-state index in [0.29, 0.717) is 24.7 Å². The van der Waals surface area contributed by atoms with Gasteiger partial charge in [-0.05, 0) is 30.2 Å². The van der Waals surface area contributed by atoms with Crippen molar-refractivity contribution >= 4 is 17.6 Å². The van der Waals surface area contributed by atoms with Crippen molar-refractivity contribution in [1.29, 1.82) is 0 Å². The van der Waals surface area contributed by atoms with Crippen molar-refractivity contribution in [2.24, 2.45) is 0 Å². The molecule has 0 bridgehead atoms. The van der Waals surface area contributed by atoms with Crippen LogP contribution in [0.15, 0.2) is 42.6 Å². The lowest BCUT2D eigenvalue weighted by Gasteiger charge is -2.26. The maximum absolute atomic E-state index is 12.1. The highest BCUT2D eigenvalue weighted by atomic mass is 16.5. The zero-order chi connectivity index (χ0) is 17.6. The Kier molecular flexibility index (Phi) is 5.13. The number of amides is 3. The number of anilines is 1. The molecular weight excluding hydrogens is 320 g/mol. The number of hydrogen-bond acceptors (Lipinski definition) is 4. The number of benzene rings is 1. The number of aryl methyl sites for hydroxylation is 1. The maximum Gasteiger partial charge on any atom is 0.322 e. The second kappa shape index (κ2) is 7.65. The molecule has 7 heteroatoms. The summed E-state index contributed by atoms with van der Waals surface area (Å²) in [5.41, 5.74) is 1.73. The number of urea groups is 1. The van der Waals surface area contributed by atoms with Crippen LogP contribution in [0, 0.1) is 0 Å². The number of nitrogens with one attached hydrogen (secondary N) is 2. The number of rotatable bonds is 4. The van der Waals surface area contributed by atoms with Crippen LogP contribution in [-0.2, 0) is 11.2 Å². The molecule has 1 fully saturated rings. The number of hydrogen-bond donors (Lipinski definition) is 2. The van der Waals surface area contributed by atoms with Crippen molar-refractivity contribution in [1.82, 2.24) is 15.2 Å². The fourth-order valence-corrected chi connectivity index (χ4v) is 2.48. The minimum absolute atomic E-state index is 0.0637. The maximum atomic E-state index is 12.1. The summed E-state index contributed by atoms with van der Waals surface area (Å²) in [5, 5.41) is 5.41. The van der Waals surface area contributed by atoms with Gasteiger partial charge in [0, 0.05) is 19.2 Å². The van der Waals surface area contributed by atoms with Crippen LogP contribution in [0.5, 0.6) is 11.6 Å². The molecule has 3 rings (SSSR count). The minimum Gasteiger partial charge on any atom is -0.439 e. The van der Waals surface area contributed by atoms with Gasteiger partial charge < -0.3 is 20.3 Å². The van der Waals surface area contributed by atoms with Gasteiger partial charge in [0.05, 0.1) is 11.9 Å². The first-order valence-corrected chi connectivity index (χ1v) is 8.19. The zero-order valence-electron chi connectivity index (χ0n) is 14.0. The van der Waals surface area contributed by atoms with E-state index in [1.807, 2.05) is 24.3 Å². The van der Waals surface area contributed by atoms with E-state index in [0.717, 1.165) is 12.2 Å². The van der Waals surface area contributed by atoms with Gasteiger partial charge in [-0.25, -0.2) is 9.78 Å². The van der Waals surface area contributed by atoms with Crippen molar-refractivity contribution in [3.8, 4) is 11.6 Å². The van der Waals surface area contributed by atoms with E-state index >= 15 is 0 Å². The van der Waals surface area contributed by atoms with Crippen LogP contribution < -0.4 is 15.4 Å². The Hall–Kier alpha value is -3.09. The summed E-state index contributed by atoms with van der Waals surface area (Å²) in [7, 11) is 0. The number of aromatic nitrogens is 1. The summed E-state index contributed by atoms with van der Waals surface area (Å²) < 4.78 is 5.72. The third-order valence-electron chi connectivity index (χ3n) is 3.84. The Labute approximate surface area is 146 Å². The van der Waals surface area contributed by atoms with Crippen LogP contribution in [0.3, 0.4) is 0 Å². The van der Waals surface area contributed by atoms with Gasteiger partial charge in [-0.1, -0.05) is 19.1 Å². The number of ether oxygens (including phenoxy) is 1. The molecule has 1 aliphatic heterocycles. The van der Waals surface area contributed by atoms with Crippen LogP contribution >= 0.6 is 0 Å². The van der Waals surface area contributed by atoms with Crippen LogP contribution in [0.25, 0.3) is 0 Å². The SMILES string of the molecule is CCc1cccc(Oc2ccc(NC(=O)N3CCNC(=O)C3)cn2)c1. The fraction of sp³-hybridized carbons (Fsp3) is 0.278. The fourth-order valence-electron chi connectivity index (χ4n) is 2.48. The molecule has 0 atom stereocenters. The van der Waals surface area contributed by atoms with E-state index in [4.69, 9.17) is 4.74 Å². The predicted molar refractivity (Wildman–Crippen MR) is 93.7 cm³/mol. The largest absolute Gasteiger partial charge is 0.439 e. The topological polar surface area (TPSA) is 83.6 Å². The van der Waals surface area contributed by atoms with E-state index in [9.17, 15) is 9.59 Å². The Morgan fingerprint density at radius 2 is 2.24 bits per heavy atom. The van der Waals surface area contributed by atoms with Crippen molar-refractivity contribution in [2.75, 3.05) is 25.0 Å². The second-order valence-corrected chi connectivity index (χ2v) is 5.69. The molecule has 25 heavy (non-hydrogen) atoms. The second-order valence-electron chi connectivity index (χ2n) is 5.69. The summed E-state index contributed by atoms with van der Waals surface area (Å²) in [6.45, 7) is 3.10. The van der Waals surface area contributed by atoms with Crippen molar-refractivity contribution in [2.45, 2.75) is 13.3 Å². The lowest BCUT2D eigenvalue weighted by atomic mass is 10.2. The summed E-state index contributed by atoms with van der Waals surface area (Å²) >= 11 is 0. The van der Waals surface area contributed by atoms with Crippen LogP contribution in [0.2, 0.25) is 0 Å². The predicted octanol–water partition coefficient (Wildman–Crippen LogP) is 2.40. The quantitative estimate of drug-likeness (QED) is 0.895. The Morgan fingerprint density at radius 1 is 1.36 bits per heavy atom. The van der Waals surface area contributed by atoms with Crippen LogP contribution in [0.4, 0.5) is 10.5 Å². The average molecular weight is 340 g/mol. The molecule has 1 aromatic carbocycles. The molecule has 0 radical (unpaired) electrons. The number of pyridine rings is 1. The highest BCUT2D eigenvalue weighted by molar-refractivity contribution is 5.92. The summed E-state index contributed by atoms with van der Waals surface area (Å²) in [6.07, 6.45) is 2.46. The third-order valence-corrected chi connectivity index (χ3v) is 3.84. The third kappa shape index (κ3) is 4.47. The van der Waals surface area contributed by atoms with Gasteiger partial charge in [0.15, 0.2) is 0 Å². The summed E-state index contributed by atoms with van der Waals surface area (Å²) in [4.78, 5) is 29.1. The van der Waals surface area contributed by atoms with E-state index in [-0.39, 0.29) is 18.5 Å². The molecule has 1 aliphatic rings. The lowest BCUT2D eigenvalue weighted by Crippen LogP contribution is -2.51. The molecule has 0 spiro atoms. The number of piperazine rings is 1. The van der Waals surface area contributed by atoms with Crippen molar-refractivity contribution in [3.63, 3.8) is 0 Å². The molecule has 0 saturated carbocycles. The van der Waals surface area contributed by atoms with E-state index in [1.165, 1.54) is 16.7 Å². The Balaban J connectivity index is 1.60. The standard InChI is InChI=1S/C18H20N4O3/c1-2-13-4-3-5-15(10-13)25-17-7-6-14(11-20-17)21-18(24)22-9-8-19-16(23)12-22/h3-7,10-11H,2,8-9,12H2,1H3,(H,19,23)(H,21,24). The van der Waals surface area contributed by atoms with E-state index in [1.54, 1.807) is 12.1 Å². The van der Waals surface area contributed by atoms with E-state index in [2.05, 4.69) is 22.5 Å². The molecule has 1 aromatic heterocycles. The minimum atomic E-state index is -0.319. The van der Waals surface area contributed by atoms with Crippen molar-refractivity contribution < 1.29 is 14.3 Å². The number of nitrogens with zero attached hydrogens (tertiary/aromatic N) is 2. The molecule has 0 aliphatic carbocycles. The van der Waals surface area contributed by atoms with Gasteiger partial charge in [-0.2, -0.15) is 0 Å². The molecule has 1 saturated heterocycles. The number of carbonyl (C=O) groups excluding carboxylic acids is 2. The van der Waals surface area contributed by atoms with Gasteiger partial charge in [-0.3, -0.25) is 4.79 Å². The van der Waals surface area contributed by atoms with E-state index < -0.39 is 0 Å². The molecule has 2 aromatic rings. The average Bonchev–Trinajstić information content (AvgIpc) is 2.63. The molecule has 2 N–H and O–H groups in total. The monoisotopic (exact) mass is 340 g/mol. The smallest absolute Gasteiger partial charge is 0.322 e. The highest BCUT2D eigenvalue weighted by Gasteiger charge is 2.21. The molecule has 2 heterocycles. The molecule has 130 valence electrons. The van der Waals surface area contributed by atoms with Crippen LogP contribution in [-0.4, -0.2) is 41.5 Å². The molecular formula is C18H20N4O3. The first-order valence-electron chi connectivity index (χ1n) is 8.19. The van der Waals surface area contributed by atoms with Gasteiger partial charge in [0.1, 0.15) is 12.3 Å². The first kappa shape index (κ1) is 16.8.